The van der Waals surface area contributed by atoms with Crippen LogP contribution in [0.15, 0.2) is 18.3 Å². The average molecular weight is 291 g/mol. The third-order valence-electron chi connectivity index (χ3n) is 3.76. The Morgan fingerprint density at radius 1 is 1.33 bits per heavy atom. The molecule has 6 heteroatoms. The SMILES string of the molecule is CCC1NC(=O)C(CC)N(Cc2cccnc2OC)C1=O. The first-order valence-electron chi connectivity index (χ1n) is 7.21. The van der Waals surface area contributed by atoms with Gasteiger partial charge in [-0.2, -0.15) is 0 Å². The van der Waals surface area contributed by atoms with Crippen LogP contribution < -0.4 is 10.1 Å². The Kier molecular flexibility index (Phi) is 4.77. The van der Waals surface area contributed by atoms with Crippen molar-refractivity contribution in [2.45, 2.75) is 45.3 Å². The molecule has 2 rings (SSSR count). The number of nitrogens with zero attached hydrogens (tertiary/aromatic N) is 2. The van der Waals surface area contributed by atoms with Gasteiger partial charge in [-0.1, -0.05) is 19.9 Å². The van der Waals surface area contributed by atoms with Crippen LogP contribution >= 0.6 is 0 Å². The van der Waals surface area contributed by atoms with Crippen molar-refractivity contribution < 1.29 is 14.3 Å². The van der Waals surface area contributed by atoms with Gasteiger partial charge in [0.1, 0.15) is 12.1 Å². The highest BCUT2D eigenvalue weighted by molar-refractivity contribution is 5.96. The topological polar surface area (TPSA) is 71.5 Å². The van der Waals surface area contributed by atoms with Gasteiger partial charge in [0.05, 0.1) is 13.7 Å². The number of aromatic nitrogens is 1. The first kappa shape index (κ1) is 15.3. The van der Waals surface area contributed by atoms with Crippen molar-refractivity contribution in [3.63, 3.8) is 0 Å². The molecule has 114 valence electrons. The Morgan fingerprint density at radius 2 is 2.10 bits per heavy atom. The molecule has 0 radical (unpaired) electrons. The van der Waals surface area contributed by atoms with Crippen LogP contribution in [0.4, 0.5) is 0 Å². The molecule has 0 saturated carbocycles. The average Bonchev–Trinajstić information content (AvgIpc) is 2.51. The molecule has 0 aliphatic carbocycles. The van der Waals surface area contributed by atoms with Crippen LogP contribution in [0.5, 0.6) is 5.88 Å². The van der Waals surface area contributed by atoms with Crippen molar-refractivity contribution in [1.82, 2.24) is 15.2 Å². The number of nitrogens with one attached hydrogen (secondary N) is 1. The lowest BCUT2D eigenvalue weighted by atomic mass is 10.0. The molecular formula is C15H21N3O3. The summed E-state index contributed by atoms with van der Waals surface area (Å²) < 4.78 is 5.22. The number of pyridine rings is 1. The van der Waals surface area contributed by atoms with Gasteiger partial charge in [0.15, 0.2) is 0 Å². The monoisotopic (exact) mass is 291 g/mol. The highest BCUT2D eigenvalue weighted by atomic mass is 16.5. The molecule has 0 bridgehead atoms. The van der Waals surface area contributed by atoms with Crippen molar-refractivity contribution in [2.75, 3.05) is 7.11 Å². The van der Waals surface area contributed by atoms with Crippen molar-refractivity contribution in [3.8, 4) is 5.88 Å². The van der Waals surface area contributed by atoms with E-state index in [2.05, 4.69) is 10.3 Å². The summed E-state index contributed by atoms with van der Waals surface area (Å²) >= 11 is 0. The number of ether oxygens (including phenoxy) is 1. The third kappa shape index (κ3) is 2.99. The zero-order chi connectivity index (χ0) is 15.4. The number of piperazine rings is 1. The largest absolute Gasteiger partial charge is 0.481 e. The molecule has 1 N–H and O–H groups in total. The Balaban J connectivity index is 2.29. The molecule has 2 atom stereocenters. The van der Waals surface area contributed by atoms with E-state index >= 15 is 0 Å². The Morgan fingerprint density at radius 3 is 2.71 bits per heavy atom. The van der Waals surface area contributed by atoms with Gasteiger partial charge in [-0.25, -0.2) is 4.98 Å². The van der Waals surface area contributed by atoms with Gasteiger partial charge in [-0.05, 0) is 18.9 Å². The number of amides is 2. The van der Waals surface area contributed by atoms with Gasteiger partial charge in [0, 0.05) is 11.8 Å². The molecule has 0 spiro atoms. The van der Waals surface area contributed by atoms with Gasteiger partial charge in [-0.3, -0.25) is 9.59 Å². The van der Waals surface area contributed by atoms with Crippen molar-refractivity contribution in [2.24, 2.45) is 0 Å². The molecule has 1 aromatic rings. The van der Waals surface area contributed by atoms with Gasteiger partial charge in [-0.15, -0.1) is 0 Å². The maximum absolute atomic E-state index is 12.5. The van der Waals surface area contributed by atoms with Crippen molar-refractivity contribution >= 4 is 11.8 Å². The van der Waals surface area contributed by atoms with E-state index in [9.17, 15) is 9.59 Å². The van der Waals surface area contributed by atoms with Crippen molar-refractivity contribution in [1.29, 1.82) is 0 Å². The summed E-state index contributed by atoms with van der Waals surface area (Å²) in [5, 5.41) is 2.78. The number of carbonyl (C=O) groups is 2. The van der Waals surface area contributed by atoms with E-state index in [0.717, 1.165) is 5.56 Å². The highest BCUT2D eigenvalue weighted by Gasteiger charge is 2.38. The fourth-order valence-electron chi connectivity index (χ4n) is 2.61. The zero-order valence-electron chi connectivity index (χ0n) is 12.6. The maximum Gasteiger partial charge on any atom is 0.246 e. The highest BCUT2D eigenvalue weighted by Crippen LogP contribution is 2.22. The molecule has 1 saturated heterocycles. The quantitative estimate of drug-likeness (QED) is 0.882. The number of hydrogen-bond donors (Lipinski definition) is 1. The van der Waals surface area contributed by atoms with Crippen LogP contribution in [0.2, 0.25) is 0 Å². The minimum atomic E-state index is -0.442. The normalized spacial score (nSPS) is 22.1. The lowest BCUT2D eigenvalue weighted by molar-refractivity contribution is -0.150. The minimum absolute atomic E-state index is 0.0464. The summed E-state index contributed by atoms with van der Waals surface area (Å²) in [4.78, 5) is 30.4. The summed E-state index contributed by atoms with van der Waals surface area (Å²) in [7, 11) is 1.54. The lowest BCUT2D eigenvalue weighted by Gasteiger charge is -2.38. The zero-order valence-corrected chi connectivity index (χ0v) is 12.6. The van der Waals surface area contributed by atoms with E-state index in [4.69, 9.17) is 4.74 Å². The summed E-state index contributed by atoms with van der Waals surface area (Å²) in [5.41, 5.74) is 0.802. The van der Waals surface area contributed by atoms with Crippen LogP contribution in [0, 0.1) is 0 Å². The number of carbonyl (C=O) groups excluding carboxylic acids is 2. The minimum Gasteiger partial charge on any atom is -0.481 e. The molecular weight excluding hydrogens is 270 g/mol. The molecule has 2 heterocycles. The van der Waals surface area contributed by atoms with Crippen molar-refractivity contribution in [3.05, 3.63) is 23.9 Å². The fraction of sp³-hybridized carbons (Fsp3) is 0.533. The molecule has 1 fully saturated rings. The summed E-state index contributed by atoms with van der Waals surface area (Å²) in [6.45, 7) is 4.12. The first-order chi connectivity index (χ1) is 10.1. The Labute approximate surface area is 124 Å². The Bertz CT molecular complexity index is 533. The van der Waals surface area contributed by atoms with E-state index in [-0.39, 0.29) is 11.8 Å². The maximum atomic E-state index is 12.5. The second-order valence-electron chi connectivity index (χ2n) is 5.03. The molecule has 21 heavy (non-hydrogen) atoms. The summed E-state index contributed by atoms with van der Waals surface area (Å²) in [5.74, 6) is 0.348. The van der Waals surface area contributed by atoms with E-state index in [1.54, 1.807) is 24.3 Å². The van der Waals surface area contributed by atoms with Crippen LogP contribution in [0.1, 0.15) is 32.3 Å². The predicted molar refractivity (Wildman–Crippen MR) is 77.6 cm³/mol. The molecule has 0 aromatic carbocycles. The van der Waals surface area contributed by atoms with Crippen LogP contribution in [-0.4, -0.2) is 40.9 Å². The number of hydrogen-bond acceptors (Lipinski definition) is 4. The van der Waals surface area contributed by atoms with E-state index in [0.29, 0.717) is 25.3 Å². The second kappa shape index (κ2) is 6.56. The molecule has 2 amide bonds. The summed E-state index contributed by atoms with van der Waals surface area (Å²) in [6, 6.07) is 2.78. The van der Waals surface area contributed by atoms with E-state index < -0.39 is 12.1 Å². The van der Waals surface area contributed by atoms with E-state index in [1.807, 2.05) is 19.9 Å². The standard InChI is InChI=1S/C15H21N3O3/c1-4-11-15(20)18(12(5-2)13(19)17-11)9-10-7-6-8-16-14(10)21-3/h6-8,11-12H,4-5,9H2,1-3H3,(H,17,19). The molecule has 1 aliphatic rings. The third-order valence-corrected chi connectivity index (χ3v) is 3.76. The van der Waals surface area contributed by atoms with Gasteiger partial charge in [0.25, 0.3) is 0 Å². The smallest absolute Gasteiger partial charge is 0.246 e. The number of rotatable bonds is 5. The fourth-order valence-corrected chi connectivity index (χ4v) is 2.61. The first-order valence-corrected chi connectivity index (χ1v) is 7.21. The Hall–Kier alpha value is -2.11. The molecule has 1 aliphatic heterocycles. The van der Waals surface area contributed by atoms with Crippen LogP contribution in [-0.2, 0) is 16.1 Å². The van der Waals surface area contributed by atoms with Crippen LogP contribution in [0.3, 0.4) is 0 Å². The van der Waals surface area contributed by atoms with Crippen LogP contribution in [0.25, 0.3) is 0 Å². The van der Waals surface area contributed by atoms with E-state index in [1.165, 1.54) is 0 Å². The predicted octanol–water partition coefficient (Wildman–Crippen LogP) is 1.11. The summed E-state index contributed by atoms with van der Waals surface area (Å²) in [6.07, 6.45) is 2.80. The molecule has 6 nitrogen and oxygen atoms in total. The van der Waals surface area contributed by atoms with Gasteiger partial charge < -0.3 is 15.0 Å². The number of methoxy groups -OCH3 is 1. The second-order valence-corrected chi connectivity index (χ2v) is 5.03. The molecule has 2 unspecified atom stereocenters. The van der Waals surface area contributed by atoms with Gasteiger partial charge in [0.2, 0.25) is 17.7 Å². The molecule has 1 aromatic heterocycles. The van der Waals surface area contributed by atoms with Gasteiger partial charge >= 0.3 is 0 Å². The lowest BCUT2D eigenvalue weighted by Crippen LogP contribution is -2.62.